The Hall–Kier alpha value is -3.55. The van der Waals surface area contributed by atoms with Crippen molar-refractivity contribution in [1.29, 1.82) is 0 Å². The van der Waals surface area contributed by atoms with E-state index >= 15 is 0 Å². The molecule has 2 fully saturated rings. The molecule has 190 valence electrons. The molecule has 2 N–H and O–H groups in total. The number of hydrogen-bond acceptors (Lipinski definition) is 5. The van der Waals surface area contributed by atoms with Crippen molar-refractivity contribution in [2.75, 3.05) is 13.2 Å². The van der Waals surface area contributed by atoms with Gasteiger partial charge < -0.3 is 15.2 Å². The predicted octanol–water partition coefficient (Wildman–Crippen LogP) is 4.21. The molecule has 0 radical (unpaired) electrons. The number of amides is 1. The van der Waals surface area contributed by atoms with E-state index in [0.29, 0.717) is 30.6 Å². The number of likely N-dealkylation sites (tertiary alicyclic amines) is 1. The second-order valence-electron chi connectivity index (χ2n) is 10.3. The Kier molecular flexibility index (Phi) is 6.26. The SMILES string of the molecule is NC(=O)C1c2ccc(CN3CC4CC3CO4)cc2CCC1OC(=O)c1ccc(-c2ccc(F)cc2)cc1. The van der Waals surface area contributed by atoms with Gasteiger partial charge in [0.25, 0.3) is 0 Å². The highest BCUT2D eigenvalue weighted by atomic mass is 19.1. The van der Waals surface area contributed by atoms with Crippen molar-refractivity contribution in [3.05, 3.63) is 94.8 Å². The standard InChI is InChI=1S/C30H29FN2O4/c31-23-9-6-20(7-10-23)19-2-4-21(5-3-19)30(35)37-27-12-8-22-13-18(1-11-26(22)28(27)29(32)34)15-33-16-25-14-24(33)17-36-25/h1-7,9-11,13,24-25,27-28H,8,12,14-17H2,(H2,32,34). The molecule has 2 aliphatic heterocycles. The first-order valence-corrected chi connectivity index (χ1v) is 12.8. The predicted molar refractivity (Wildman–Crippen MR) is 136 cm³/mol. The number of ether oxygens (including phenoxy) is 2. The summed E-state index contributed by atoms with van der Waals surface area (Å²) in [6, 6.07) is 19.8. The smallest absolute Gasteiger partial charge is 0.338 e. The van der Waals surface area contributed by atoms with Gasteiger partial charge in [-0.25, -0.2) is 9.18 Å². The van der Waals surface area contributed by atoms with Gasteiger partial charge >= 0.3 is 5.97 Å². The van der Waals surface area contributed by atoms with Gasteiger partial charge in [-0.15, -0.1) is 0 Å². The molecule has 37 heavy (non-hydrogen) atoms. The molecular weight excluding hydrogens is 471 g/mol. The Bertz CT molecular complexity index is 1320. The monoisotopic (exact) mass is 500 g/mol. The first-order valence-electron chi connectivity index (χ1n) is 12.8. The highest BCUT2D eigenvalue weighted by molar-refractivity contribution is 5.91. The van der Waals surface area contributed by atoms with Crippen molar-refractivity contribution in [2.24, 2.45) is 5.73 Å². The number of carbonyl (C=O) groups excluding carboxylic acids is 2. The van der Waals surface area contributed by atoms with Gasteiger partial charge in [0.2, 0.25) is 5.91 Å². The van der Waals surface area contributed by atoms with Crippen LogP contribution < -0.4 is 5.73 Å². The van der Waals surface area contributed by atoms with Crippen LogP contribution in [0.1, 0.15) is 45.8 Å². The fourth-order valence-corrected chi connectivity index (χ4v) is 5.96. The maximum absolute atomic E-state index is 13.2. The van der Waals surface area contributed by atoms with Crippen LogP contribution in [0.4, 0.5) is 4.39 Å². The zero-order valence-electron chi connectivity index (χ0n) is 20.4. The minimum absolute atomic E-state index is 0.299. The van der Waals surface area contributed by atoms with E-state index in [-0.39, 0.29) is 5.82 Å². The van der Waals surface area contributed by atoms with E-state index in [1.807, 2.05) is 6.07 Å². The highest BCUT2D eigenvalue weighted by Crippen LogP contribution is 2.36. The molecule has 0 spiro atoms. The summed E-state index contributed by atoms with van der Waals surface area (Å²) in [5.41, 5.74) is 11.1. The van der Waals surface area contributed by atoms with E-state index in [4.69, 9.17) is 15.2 Å². The molecule has 4 atom stereocenters. The third kappa shape index (κ3) is 4.77. The molecule has 0 aromatic heterocycles. The molecule has 3 aromatic rings. The second-order valence-corrected chi connectivity index (χ2v) is 10.3. The lowest BCUT2D eigenvalue weighted by atomic mass is 9.79. The number of benzene rings is 3. The summed E-state index contributed by atoms with van der Waals surface area (Å²) in [6.45, 7) is 2.64. The third-order valence-electron chi connectivity index (χ3n) is 7.88. The number of fused-ring (bicyclic) bond motifs is 3. The molecule has 6 nitrogen and oxygen atoms in total. The van der Waals surface area contributed by atoms with Crippen LogP contribution in [0, 0.1) is 5.82 Å². The van der Waals surface area contributed by atoms with E-state index in [9.17, 15) is 14.0 Å². The highest BCUT2D eigenvalue weighted by Gasteiger charge is 2.39. The first kappa shape index (κ1) is 23.8. The molecule has 1 amide bonds. The summed E-state index contributed by atoms with van der Waals surface area (Å²) in [4.78, 5) is 27.9. The molecule has 7 heteroatoms. The number of aryl methyl sites for hydroxylation is 1. The van der Waals surface area contributed by atoms with E-state index in [1.54, 1.807) is 36.4 Å². The van der Waals surface area contributed by atoms with Crippen LogP contribution >= 0.6 is 0 Å². The number of nitrogens with two attached hydrogens (primary N) is 1. The topological polar surface area (TPSA) is 81.9 Å². The summed E-state index contributed by atoms with van der Waals surface area (Å²) in [7, 11) is 0. The van der Waals surface area contributed by atoms with Crippen molar-refractivity contribution in [1.82, 2.24) is 4.90 Å². The van der Waals surface area contributed by atoms with E-state index < -0.39 is 23.9 Å². The zero-order chi connectivity index (χ0) is 25.5. The van der Waals surface area contributed by atoms with Gasteiger partial charge in [-0.05, 0) is 71.3 Å². The molecule has 4 unspecified atom stereocenters. The Morgan fingerprint density at radius 1 is 1.03 bits per heavy atom. The Balaban J connectivity index is 1.15. The summed E-state index contributed by atoms with van der Waals surface area (Å²) >= 11 is 0. The van der Waals surface area contributed by atoms with Gasteiger partial charge in [0.15, 0.2) is 0 Å². The van der Waals surface area contributed by atoms with Crippen LogP contribution in [-0.4, -0.2) is 48.2 Å². The number of morpholine rings is 1. The van der Waals surface area contributed by atoms with Crippen LogP contribution in [-0.2, 0) is 27.2 Å². The molecule has 2 bridgehead atoms. The quantitative estimate of drug-likeness (QED) is 0.513. The van der Waals surface area contributed by atoms with Crippen LogP contribution in [0.5, 0.6) is 0 Å². The molecule has 3 aliphatic rings. The lowest BCUT2D eigenvalue weighted by Gasteiger charge is -2.32. The largest absolute Gasteiger partial charge is 0.458 e. The lowest BCUT2D eigenvalue weighted by molar-refractivity contribution is -0.122. The number of esters is 1. The summed E-state index contributed by atoms with van der Waals surface area (Å²) in [5.74, 6) is -1.97. The van der Waals surface area contributed by atoms with Crippen molar-refractivity contribution >= 4 is 11.9 Å². The van der Waals surface area contributed by atoms with Gasteiger partial charge in [0.1, 0.15) is 11.9 Å². The van der Waals surface area contributed by atoms with Gasteiger partial charge in [-0.2, -0.15) is 0 Å². The van der Waals surface area contributed by atoms with E-state index in [1.165, 1.54) is 17.7 Å². The van der Waals surface area contributed by atoms with Crippen molar-refractivity contribution in [2.45, 2.75) is 50.0 Å². The number of halogens is 1. The fourth-order valence-electron chi connectivity index (χ4n) is 5.96. The maximum Gasteiger partial charge on any atom is 0.338 e. The molecule has 6 rings (SSSR count). The number of hydrogen-bond donors (Lipinski definition) is 1. The number of primary amides is 1. The average Bonchev–Trinajstić information content (AvgIpc) is 3.52. The fraction of sp³-hybridized carbons (Fsp3) is 0.333. The normalized spacial score (nSPS) is 24.6. The van der Waals surface area contributed by atoms with E-state index in [0.717, 1.165) is 48.4 Å². The zero-order valence-corrected chi connectivity index (χ0v) is 20.4. The van der Waals surface area contributed by atoms with Crippen LogP contribution in [0.2, 0.25) is 0 Å². The summed E-state index contributed by atoms with van der Waals surface area (Å²) in [6.07, 6.45) is 2.09. The van der Waals surface area contributed by atoms with Gasteiger partial charge in [-0.1, -0.05) is 42.5 Å². The number of carbonyl (C=O) groups is 2. The summed E-state index contributed by atoms with van der Waals surface area (Å²) < 4.78 is 24.7. The molecule has 1 aliphatic carbocycles. The van der Waals surface area contributed by atoms with Crippen LogP contribution in [0.25, 0.3) is 11.1 Å². The summed E-state index contributed by atoms with van der Waals surface area (Å²) in [5, 5.41) is 0. The Labute approximate surface area is 215 Å². The molecule has 2 heterocycles. The maximum atomic E-state index is 13.2. The van der Waals surface area contributed by atoms with Crippen molar-refractivity contribution < 1.29 is 23.5 Å². The number of nitrogens with zero attached hydrogens (tertiary/aromatic N) is 1. The van der Waals surface area contributed by atoms with E-state index in [2.05, 4.69) is 17.0 Å². The van der Waals surface area contributed by atoms with Crippen LogP contribution in [0.3, 0.4) is 0 Å². The van der Waals surface area contributed by atoms with Crippen molar-refractivity contribution in [3.63, 3.8) is 0 Å². The minimum Gasteiger partial charge on any atom is -0.458 e. The van der Waals surface area contributed by atoms with Crippen molar-refractivity contribution in [3.8, 4) is 11.1 Å². The molecular formula is C30H29FN2O4. The minimum atomic E-state index is -0.684. The molecule has 0 saturated carbocycles. The van der Waals surface area contributed by atoms with Gasteiger partial charge in [-0.3, -0.25) is 9.69 Å². The van der Waals surface area contributed by atoms with Crippen LogP contribution in [0.15, 0.2) is 66.7 Å². The lowest BCUT2D eigenvalue weighted by Crippen LogP contribution is -2.38. The first-order chi connectivity index (χ1) is 17.9. The molecule has 3 aromatic carbocycles. The number of rotatable bonds is 6. The van der Waals surface area contributed by atoms with Gasteiger partial charge in [0.05, 0.1) is 24.2 Å². The third-order valence-corrected chi connectivity index (χ3v) is 7.88. The Morgan fingerprint density at radius 2 is 1.76 bits per heavy atom. The Morgan fingerprint density at radius 3 is 2.41 bits per heavy atom. The van der Waals surface area contributed by atoms with Gasteiger partial charge in [0, 0.05) is 19.1 Å². The molecule has 2 saturated heterocycles. The average molecular weight is 501 g/mol. The second kappa shape index (κ2) is 9.72.